The Balaban J connectivity index is 1.61. The summed E-state index contributed by atoms with van der Waals surface area (Å²) in [5.74, 6) is 1.30. The first-order valence-corrected chi connectivity index (χ1v) is 6.83. The summed E-state index contributed by atoms with van der Waals surface area (Å²) in [7, 11) is 0. The average molecular weight is 287 g/mol. The summed E-state index contributed by atoms with van der Waals surface area (Å²) in [5.41, 5.74) is 1.64. The van der Waals surface area contributed by atoms with Gasteiger partial charge in [-0.25, -0.2) is 0 Å². The van der Waals surface area contributed by atoms with Gasteiger partial charge in [-0.3, -0.25) is 9.48 Å². The minimum Gasteiger partial charge on any atom is -0.454 e. The van der Waals surface area contributed by atoms with Crippen LogP contribution < -0.4 is 14.8 Å². The van der Waals surface area contributed by atoms with Crippen LogP contribution >= 0.6 is 0 Å². The van der Waals surface area contributed by atoms with Gasteiger partial charge in [0.15, 0.2) is 11.5 Å². The number of anilines is 1. The number of aromatic nitrogens is 2. The van der Waals surface area contributed by atoms with Gasteiger partial charge in [0.1, 0.15) is 0 Å². The van der Waals surface area contributed by atoms with Crippen LogP contribution in [0, 0.1) is 6.92 Å². The highest BCUT2D eigenvalue weighted by Crippen LogP contribution is 2.34. The van der Waals surface area contributed by atoms with Crippen molar-refractivity contribution in [2.45, 2.75) is 26.3 Å². The Morgan fingerprint density at radius 2 is 2.19 bits per heavy atom. The van der Waals surface area contributed by atoms with Crippen LogP contribution in [0.1, 0.15) is 25.1 Å². The monoisotopic (exact) mass is 287 g/mol. The molecule has 2 heterocycles. The third-order valence-electron chi connectivity index (χ3n) is 3.33. The van der Waals surface area contributed by atoms with Crippen molar-refractivity contribution in [1.29, 1.82) is 0 Å². The fraction of sp³-hybridized carbons (Fsp3) is 0.333. The summed E-state index contributed by atoms with van der Waals surface area (Å²) in [5, 5.41) is 7.18. The molecule has 1 atom stereocenters. The van der Waals surface area contributed by atoms with Crippen LogP contribution in [0.2, 0.25) is 0 Å². The lowest BCUT2D eigenvalue weighted by molar-refractivity contribution is -0.116. The normalized spacial score (nSPS) is 14.0. The number of ether oxygens (including phenoxy) is 2. The Kier molecular flexibility index (Phi) is 3.51. The largest absolute Gasteiger partial charge is 0.454 e. The van der Waals surface area contributed by atoms with Crippen LogP contribution in [0.4, 0.5) is 5.69 Å². The quantitative estimate of drug-likeness (QED) is 0.938. The third-order valence-corrected chi connectivity index (χ3v) is 3.33. The van der Waals surface area contributed by atoms with E-state index >= 15 is 0 Å². The Bertz CT molecular complexity index is 666. The fourth-order valence-corrected chi connectivity index (χ4v) is 2.23. The second-order valence-electron chi connectivity index (χ2n) is 5.11. The lowest BCUT2D eigenvalue weighted by Crippen LogP contribution is -2.18. The van der Waals surface area contributed by atoms with Crippen LogP contribution in [-0.4, -0.2) is 22.5 Å². The van der Waals surface area contributed by atoms with Gasteiger partial charge in [-0.2, -0.15) is 5.10 Å². The van der Waals surface area contributed by atoms with Crippen LogP contribution in [-0.2, 0) is 4.79 Å². The summed E-state index contributed by atoms with van der Waals surface area (Å²) < 4.78 is 12.3. The number of fused-ring (bicyclic) bond motifs is 1. The molecule has 0 aliphatic carbocycles. The molecule has 0 unspecified atom stereocenters. The van der Waals surface area contributed by atoms with Gasteiger partial charge >= 0.3 is 0 Å². The molecule has 1 aromatic carbocycles. The highest BCUT2D eigenvalue weighted by Gasteiger charge is 2.15. The highest BCUT2D eigenvalue weighted by atomic mass is 16.7. The van der Waals surface area contributed by atoms with Crippen molar-refractivity contribution in [3.63, 3.8) is 0 Å². The number of hydrogen-bond donors (Lipinski definition) is 1. The van der Waals surface area contributed by atoms with E-state index in [2.05, 4.69) is 10.4 Å². The van der Waals surface area contributed by atoms with Gasteiger partial charge < -0.3 is 14.8 Å². The van der Waals surface area contributed by atoms with E-state index in [1.807, 2.05) is 26.1 Å². The zero-order valence-electron chi connectivity index (χ0n) is 12.0. The van der Waals surface area contributed by atoms with E-state index in [9.17, 15) is 4.79 Å². The summed E-state index contributed by atoms with van der Waals surface area (Å²) in [6.07, 6.45) is 2.24. The molecule has 1 aliphatic heterocycles. The zero-order valence-corrected chi connectivity index (χ0v) is 12.0. The zero-order chi connectivity index (χ0) is 14.8. The van der Waals surface area contributed by atoms with E-state index in [1.54, 1.807) is 22.9 Å². The van der Waals surface area contributed by atoms with Crippen LogP contribution in [0.25, 0.3) is 0 Å². The first-order valence-electron chi connectivity index (χ1n) is 6.83. The third kappa shape index (κ3) is 2.99. The van der Waals surface area contributed by atoms with Crippen molar-refractivity contribution >= 4 is 11.6 Å². The summed E-state index contributed by atoms with van der Waals surface area (Å²) in [6, 6.07) is 7.29. The molecule has 0 saturated carbocycles. The van der Waals surface area contributed by atoms with Crippen molar-refractivity contribution in [3.05, 3.63) is 36.2 Å². The smallest absolute Gasteiger partial charge is 0.231 e. The van der Waals surface area contributed by atoms with E-state index in [0.29, 0.717) is 23.6 Å². The Morgan fingerprint density at radius 3 is 2.95 bits per heavy atom. The topological polar surface area (TPSA) is 65.4 Å². The lowest BCUT2D eigenvalue weighted by Gasteiger charge is -2.12. The SMILES string of the molecule is Cc1ccn([C@H](C)CC(=O)Nc2ccc3c(c2)OCO3)n1. The second kappa shape index (κ2) is 5.47. The molecule has 6 nitrogen and oxygen atoms in total. The molecule has 3 rings (SSSR count). The molecule has 0 bridgehead atoms. The number of carbonyl (C=O) groups excluding carboxylic acids is 1. The predicted molar refractivity (Wildman–Crippen MR) is 77.5 cm³/mol. The number of benzene rings is 1. The predicted octanol–water partition coefficient (Wildman–Crippen LogP) is 2.51. The van der Waals surface area contributed by atoms with Gasteiger partial charge in [0.05, 0.1) is 11.7 Å². The van der Waals surface area contributed by atoms with Crippen molar-refractivity contribution in [2.75, 3.05) is 12.1 Å². The van der Waals surface area contributed by atoms with Crippen LogP contribution in [0.5, 0.6) is 11.5 Å². The number of rotatable bonds is 4. The van der Waals surface area contributed by atoms with Gasteiger partial charge in [0.25, 0.3) is 0 Å². The van der Waals surface area contributed by atoms with Crippen molar-refractivity contribution < 1.29 is 14.3 Å². The number of carbonyl (C=O) groups is 1. The van der Waals surface area contributed by atoms with E-state index < -0.39 is 0 Å². The molecule has 0 radical (unpaired) electrons. The number of hydrogen-bond acceptors (Lipinski definition) is 4. The van der Waals surface area contributed by atoms with Gasteiger partial charge in [0, 0.05) is 24.4 Å². The van der Waals surface area contributed by atoms with Gasteiger partial charge in [-0.15, -0.1) is 0 Å². The Hall–Kier alpha value is -2.50. The summed E-state index contributed by atoms with van der Waals surface area (Å²) in [6.45, 7) is 4.12. The van der Waals surface area contributed by atoms with E-state index in [0.717, 1.165) is 5.69 Å². The molecule has 2 aromatic rings. The maximum Gasteiger partial charge on any atom is 0.231 e. The molecular weight excluding hydrogens is 270 g/mol. The average Bonchev–Trinajstić information content (AvgIpc) is 3.06. The molecule has 21 heavy (non-hydrogen) atoms. The second-order valence-corrected chi connectivity index (χ2v) is 5.11. The fourth-order valence-electron chi connectivity index (χ4n) is 2.23. The van der Waals surface area contributed by atoms with Crippen molar-refractivity contribution in [2.24, 2.45) is 0 Å². The molecule has 0 spiro atoms. The molecule has 110 valence electrons. The van der Waals surface area contributed by atoms with Crippen LogP contribution in [0.15, 0.2) is 30.5 Å². The first kappa shape index (κ1) is 13.5. The standard InChI is InChI=1S/C15H17N3O3/c1-10-5-6-18(17-10)11(2)7-15(19)16-12-3-4-13-14(8-12)21-9-20-13/h3-6,8,11H,7,9H2,1-2H3,(H,16,19)/t11-/m1/s1. The molecule has 6 heteroatoms. The molecular formula is C15H17N3O3. The first-order chi connectivity index (χ1) is 10.1. The summed E-state index contributed by atoms with van der Waals surface area (Å²) >= 11 is 0. The van der Waals surface area contributed by atoms with Gasteiger partial charge in [-0.1, -0.05) is 0 Å². The number of amides is 1. The molecule has 0 fully saturated rings. The highest BCUT2D eigenvalue weighted by molar-refractivity contribution is 5.91. The van der Waals surface area contributed by atoms with Crippen molar-refractivity contribution in [1.82, 2.24) is 9.78 Å². The minimum atomic E-state index is -0.0606. The van der Waals surface area contributed by atoms with Crippen molar-refractivity contribution in [3.8, 4) is 11.5 Å². The summed E-state index contributed by atoms with van der Waals surface area (Å²) in [4.78, 5) is 12.1. The molecule has 1 amide bonds. The Morgan fingerprint density at radius 1 is 1.38 bits per heavy atom. The van der Waals surface area contributed by atoms with Crippen LogP contribution in [0.3, 0.4) is 0 Å². The number of aryl methyl sites for hydroxylation is 1. The van der Waals surface area contributed by atoms with E-state index in [-0.39, 0.29) is 18.7 Å². The minimum absolute atomic E-state index is 0.00714. The van der Waals surface area contributed by atoms with E-state index in [4.69, 9.17) is 9.47 Å². The molecule has 1 N–H and O–H groups in total. The van der Waals surface area contributed by atoms with Gasteiger partial charge in [-0.05, 0) is 32.0 Å². The maximum absolute atomic E-state index is 12.1. The lowest BCUT2D eigenvalue weighted by atomic mass is 10.2. The number of nitrogens with one attached hydrogen (secondary N) is 1. The maximum atomic E-state index is 12.1. The molecule has 0 saturated heterocycles. The molecule has 1 aliphatic rings. The van der Waals surface area contributed by atoms with Gasteiger partial charge in [0.2, 0.25) is 12.7 Å². The Labute approximate surface area is 122 Å². The van der Waals surface area contributed by atoms with E-state index in [1.165, 1.54) is 0 Å². The number of nitrogens with zero attached hydrogens (tertiary/aromatic N) is 2. The molecule has 1 aromatic heterocycles.